The molecule has 1 heterocycles. The maximum Gasteiger partial charge on any atom is 0.341 e. The molecule has 0 fully saturated rings. The molecule has 1 aliphatic rings. The number of benzene rings is 1. The van der Waals surface area contributed by atoms with Crippen molar-refractivity contribution in [1.82, 2.24) is 0 Å². The van der Waals surface area contributed by atoms with Crippen LogP contribution in [0.2, 0.25) is 5.02 Å². The minimum atomic E-state index is -1.67. The highest BCUT2D eigenvalue weighted by Gasteiger charge is 2.54. The van der Waals surface area contributed by atoms with E-state index in [-0.39, 0.29) is 0 Å². The van der Waals surface area contributed by atoms with Gasteiger partial charge in [-0.15, -0.1) is 6.58 Å². The van der Waals surface area contributed by atoms with Crippen LogP contribution in [0.5, 0.6) is 0 Å². The standard InChI is InChI=1S/C14H15ClO3/c1-4-7-13(2,3)14(17)11-8-9(15)5-6-10(11)12(16)18-14/h4-6,8,17H,1,7H2,2-3H3. The van der Waals surface area contributed by atoms with Gasteiger partial charge in [0.05, 0.1) is 5.56 Å². The molecule has 96 valence electrons. The van der Waals surface area contributed by atoms with Crippen molar-refractivity contribution >= 4 is 17.6 Å². The lowest BCUT2D eigenvalue weighted by Gasteiger charge is -2.37. The van der Waals surface area contributed by atoms with Gasteiger partial charge < -0.3 is 9.84 Å². The topological polar surface area (TPSA) is 46.5 Å². The molecule has 0 aliphatic carbocycles. The normalized spacial score (nSPS) is 22.6. The Morgan fingerprint density at radius 3 is 2.83 bits per heavy atom. The number of allylic oxidation sites excluding steroid dienone is 1. The van der Waals surface area contributed by atoms with Gasteiger partial charge in [-0.1, -0.05) is 31.5 Å². The summed E-state index contributed by atoms with van der Waals surface area (Å²) < 4.78 is 5.20. The first-order valence-corrected chi connectivity index (χ1v) is 6.06. The molecule has 0 aromatic heterocycles. The SMILES string of the molecule is C=CCC(C)(C)C1(O)OC(=O)c2ccc(Cl)cc21. The van der Waals surface area contributed by atoms with E-state index in [0.717, 1.165) is 0 Å². The summed E-state index contributed by atoms with van der Waals surface area (Å²) in [5, 5.41) is 11.2. The summed E-state index contributed by atoms with van der Waals surface area (Å²) in [4.78, 5) is 11.8. The van der Waals surface area contributed by atoms with Crippen molar-refractivity contribution in [2.45, 2.75) is 26.1 Å². The van der Waals surface area contributed by atoms with Crippen molar-refractivity contribution in [3.8, 4) is 0 Å². The Morgan fingerprint density at radius 2 is 2.22 bits per heavy atom. The molecule has 4 heteroatoms. The van der Waals surface area contributed by atoms with Crippen LogP contribution in [0.25, 0.3) is 0 Å². The zero-order valence-corrected chi connectivity index (χ0v) is 11.1. The number of aliphatic hydroxyl groups is 1. The fourth-order valence-electron chi connectivity index (χ4n) is 2.22. The third-order valence-electron chi connectivity index (χ3n) is 3.38. The van der Waals surface area contributed by atoms with Gasteiger partial charge in [0.1, 0.15) is 0 Å². The number of fused-ring (bicyclic) bond motifs is 1. The zero-order valence-electron chi connectivity index (χ0n) is 10.4. The first-order valence-electron chi connectivity index (χ1n) is 5.68. The van der Waals surface area contributed by atoms with Gasteiger partial charge in [-0.2, -0.15) is 0 Å². The number of ether oxygens (including phenoxy) is 1. The highest BCUT2D eigenvalue weighted by Crippen LogP contribution is 2.49. The average molecular weight is 267 g/mol. The Morgan fingerprint density at radius 1 is 1.56 bits per heavy atom. The summed E-state index contributed by atoms with van der Waals surface area (Å²) in [5.74, 6) is -2.19. The Bertz CT molecular complexity index is 522. The molecule has 1 aromatic carbocycles. The Balaban J connectivity index is 2.59. The van der Waals surface area contributed by atoms with Crippen LogP contribution in [-0.4, -0.2) is 11.1 Å². The van der Waals surface area contributed by atoms with Gasteiger partial charge in [0.25, 0.3) is 0 Å². The zero-order chi connectivity index (χ0) is 13.6. The molecule has 0 saturated heterocycles. The minimum absolute atomic E-state index is 0.360. The fraction of sp³-hybridized carbons (Fsp3) is 0.357. The third-order valence-corrected chi connectivity index (χ3v) is 3.61. The highest BCUT2D eigenvalue weighted by molar-refractivity contribution is 6.30. The van der Waals surface area contributed by atoms with Crippen LogP contribution in [0.4, 0.5) is 0 Å². The van der Waals surface area contributed by atoms with Crippen LogP contribution in [0.15, 0.2) is 30.9 Å². The molecule has 0 spiro atoms. The maximum absolute atomic E-state index is 11.8. The number of carbonyl (C=O) groups is 1. The largest absolute Gasteiger partial charge is 0.425 e. The molecule has 0 radical (unpaired) electrons. The second-order valence-corrected chi connectivity index (χ2v) is 5.54. The summed E-state index contributed by atoms with van der Waals surface area (Å²) >= 11 is 5.93. The van der Waals surface area contributed by atoms with Gasteiger partial charge in [-0.05, 0) is 24.6 Å². The van der Waals surface area contributed by atoms with E-state index in [2.05, 4.69) is 6.58 Å². The van der Waals surface area contributed by atoms with E-state index in [9.17, 15) is 9.90 Å². The van der Waals surface area contributed by atoms with E-state index in [4.69, 9.17) is 16.3 Å². The number of hydrogen-bond acceptors (Lipinski definition) is 3. The molecule has 2 rings (SSSR count). The quantitative estimate of drug-likeness (QED) is 0.675. The predicted molar refractivity (Wildman–Crippen MR) is 69.4 cm³/mol. The molecule has 0 bridgehead atoms. The van der Waals surface area contributed by atoms with Crippen LogP contribution < -0.4 is 0 Å². The van der Waals surface area contributed by atoms with Crippen molar-refractivity contribution in [3.05, 3.63) is 47.0 Å². The van der Waals surface area contributed by atoms with Crippen LogP contribution >= 0.6 is 11.6 Å². The smallest absolute Gasteiger partial charge is 0.341 e. The van der Waals surface area contributed by atoms with Crippen LogP contribution in [-0.2, 0) is 10.5 Å². The summed E-state index contributed by atoms with van der Waals surface area (Å²) in [6.45, 7) is 7.30. The fourth-order valence-corrected chi connectivity index (χ4v) is 2.39. The minimum Gasteiger partial charge on any atom is -0.425 e. The Kier molecular flexibility index (Phi) is 2.99. The lowest BCUT2D eigenvalue weighted by Crippen LogP contribution is -2.42. The summed E-state index contributed by atoms with van der Waals surface area (Å²) in [5.41, 5.74) is 0.103. The van der Waals surface area contributed by atoms with Gasteiger partial charge in [-0.3, -0.25) is 0 Å². The number of cyclic esters (lactones) is 1. The van der Waals surface area contributed by atoms with E-state index in [1.807, 2.05) is 13.8 Å². The van der Waals surface area contributed by atoms with Crippen LogP contribution in [0.3, 0.4) is 0 Å². The molecule has 1 N–H and O–H groups in total. The monoisotopic (exact) mass is 266 g/mol. The molecule has 18 heavy (non-hydrogen) atoms. The van der Waals surface area contributed by atoms with Crippen molar-refractivity contribution in [1.29, 1.82) is 0 Å². The van der Waals surface area contributed by atoms with E-state index in [1.165, 1.54) is 0 Å². The summed E-state index contributed by atoms with van der Waals surface area (Å²) in [7, 11) is 0. The van der Waals surface area contributed by atoms with Gasteiger partial charge in [-0.25, -0.2) is 4.79 Å². The lowest BCUT2D eigenvalue weighted by molar-refractivity contribution is -0.232. The van der Waals surface area contributed by atoms with Crippen LogP contribution in [0, 0.1) is 5.41 Å². The molecule has 1 atom stereocenters. The molecular formula is C14H15ClO3. The van der Waals surface area contributed by atoms with E-state index in [1.54, 1.807) is 24.3 Å². The average Bonchev–Trinajstić information content (AvgIpc) is 2.52. The summed E-state index contributed by atoms with van der Waals surface area (Å²) in [6.07, 6.45) is 2.19. The van der Waals surface area contributed by atoms with Gasteiger partial charge in [0.2, 0.25) is 5.79 Å². The number of carbonyl (C=O) groups excluding carboxylic acids is 1. The molecule has 0 amide bonds. The Hall–Kier alpha value is -1.32. The van der Waals surface area contributed by atoms with E-state index < -0.39 is 17.2 Å². The maximum atomic E-state index is 11.8. The lowest BCUT2D eigenvalue weighted by atomic mass is 9.76. The third kappa shape index (κ3) is 1.74. The van der Waals surface area contributed by atoms with Crippen molar-refractivity contribution in [2.75, 3.05) is 0 Å². The molecular weight excluding hydrogens is 252 g/mol. The molecule has 1 unspecified atom stereocenters. The highest BCUT2D eigenvalue weighted by atomic mass is 35.5. The van der Waals surface area contributed by atoms with E-state index >= 15 is 0 Å². The number of hydrogen-bond donors (Lipinski definition) is 1. The van der Waals surface area contributed by atoms with Gasteiger partial charge in [0.15, 0.2) is 0 Å². The summed E-state index contributed by atoms with van der Waals surface area (Å²) in [6, 6.07) is 4.75. The van der Waals surface area contributed by atoms with Crippen molar-refractivity contribution in [3.63, 3.8) is 0 Å². The predicted octanol–water partition coefficient (Wildman–Crippen LogP) is 3.26. The number of rotatable bonds is 3. The first-order chi connectivity index (χ1) is 8.32. The van der Waals surface area contributed by atoms with Gasteiger partial charge >= 0.3 is 5.97 Å². The molecule has 3 nitrogen and oxygen atoms in total. The van der Waals surface area contributed by atoms with E-state index in [0.29, 0.717) is 22.6 Å². The first kappa shape index (κ1) is 13.1. The van der Waals surface area contributed by atoms with Crippen molar-refractivity contribution in [2.24, 2.45) is 5.41 Å². The number of halogens is 1. The second-order valence-electron chi connectivity index (χ2n) is 5.10. The second kappa shape index (κ2) is 4.11. The Labute approximate surface area is 111 Å². The molecule has 0 saturated carbocycles. The van der Waals surface area contributed by atoms with Crippen molar-refractivity contribution < 1.29 is 14.6 Å². The number of esters is 1. The van der Waals surface area contributed by atoms with Gasteiger partial charge in [0, 0.05) is 16.0 Å². The molecule has 1 aliphatic heterocycles. The molecule has 1 aromatic rings. The van der Waals surface area contributed by atoms with Crippen LogP contribution in [0.1, 0.15) is 36.2 Å².